The monoisotopic (exact) mass is 349 g/mol. The van der Waals surface area contributed by atoms with E-state index < -0.39 is 17.2 Å². The highest BCUT2D eigenvalue weighted by molar-refractivity contribution is 5.92. The van der Waals surface area contributed by atoms with Crippen LogP contribution in [-0.2, 0) is 13.6 Å². The number of aromatic nitrogens is 3. The van der Waals surface area contributed by atoms with Crippen molar-refractivity contribution in [2.75, 3.05) is 13.6 Å². The third kappa shape index (κ3) is 4.40. The van der Waals surface area contributed by atoms with Gasteiger partial charge in [-0.25, -0.2) is 14.5 Å². The number of amides is 1. The Morgan fingerprint density at radius 3 is 2.72 bits per heavy atom. The van der Waals surface area contributed by atoms with E-state index in [1.54, 1.807) is 7.05 Å². The van der Waals surface area contributed by atoms with Crippen LogP contribution in [0.1, 0.15) is 37.2 Å². The van der Waals surface area contributed by atoms with E-state index >= 15 is 0 Å². The molecule has 0 fully saturated rings. The maximum absolute atomic E-state index is 12.5. The second kappa shape index (κ2) is 7.86. The molecule has 1 aromatic heterocycles. The van der Waals surface area contributed by atoms with Gasteiger partial charge in [-0.1, -0.05) is 19.1 Å². The van der Waals surface area contributed by atoms with Gasteiger partial charge in [0.1, 0.15) is 5.82 Å². The molecule has 1 aromatic rings. The molecule has 0 bridgehead atoms. The Balaban J connectivity index is 2.36. The summed E-state index contributed by atoms with van der Waals surface area (Å²) in [5, 5.41) is 15.8. The van der Waals surface area contributed by atoms with Gasteiger partial charge in [-0.15, -0.1) is 0 Å². The fourth-order valence-electron chi connectivity index (χ4n) is 2.32. The van der Waals surface area contributed by atoms with Crippen molar-refractivity contribution in [2.24, 2.45) is 23.3 Å². The highest BCUT2D eigenvalue weighted by Gasteiger charge is 2.21. The summed E-state index contributed by atoms with van der Waals surface area (Å²) in [4.78, 5) is 37.2. The lowest BCUT2D eigenvalue weighted by atomic mass is 10.2. The van der Waals surface area contributed by atoms with Crippen LogP contribution in [0, 0.1) is 5.92 Å². The Morgan fingerprint density at radius 2 is 2.04 bits per heavy atom. The van der Waals surface area contributed by atoms with Gasteiger partial charge in [0.2, 0.25) is 5.69 Å². The minimum atomic E-state index is -0.704. The summed E-state index contributed by atoms with van der Waals surface area (Å²) >= 11 is 0. The minimum absolute atomic E-state index is 0.0728. The van der Waals surface area contributed by atoms with Crippen LogP contribution < -0.4 is 16.6 Å². The van der Waals surface area contributed by atoms with Crippen LogP contribution in [0.4, 0.5) is 0 Å². The third-order valence-electron chi connectivity index (χ3n) is 3.56. The first-order valence-corrected chi connectivity index (χ1v) is 8.12. The largest absolute Gasteiger partial charge is 0.347 e. The van der Waals surface area contributed by atoms with Crippen LogP contribution in [0.5, 0.6) is 0 Å². The molecule has 136 valence electrons. The van der Waals surface area contributed by atoms with Gasteiger partial charge in [0, 0.05) is 20.6 Å². The van der Waals surface area contributed by atoms with Gasteiger partial charge in [0.15, 0.2) is 0 Å². The Kier molecular flexibility index (Phi) is 5.84. The number of hydrogen-bond donors (Lipinski definition) is 1. The first kappa shape index (κ1) is 18.6. The second-order valence-corrected chi connectivity index (χ2v) is 6.23. The highest BCUT2D eigenvalue weighted by atomic mass is 16.2. The van der Waals surface area contributed by atoms with Gasteiger partial charge in [-0.05, 0) is 24.8 Å². The predicted molar refractivity (Wildman–Crippen MR) is 90.8 cm³/mol. The zero-order valence-corrected chi connectivity index (χ0v) is 14.9. The topological polar surface area (TPSA) is 114 Å². The van der Waals surface area contributed by atoms with Crippen molar-refractivity contribution in [3.8, 4) is 0 Å². The Morgan fingerprint density at radius 1 is 1.32 bits per heavy atom. The molecule has 10 nitrogen and oxygen atoms in total. The average molecular weight is 349 g/mol. The lowest BCUT2D eigenvalue weighted by molar-refractivity contribution is 0.0941. The lowest BCUT2D eigenvalue weighted by Crippen LogP contribution is -2.46. The van der Waals surface area contributed by atoms with E-state index in [9.17, 15) is 14.4 Å². The highest BCUT2D eigenvalue weighted by Crippen LogP contribution is 2.07. The molecule has 0 atom stereocenters. The number of aryl methyl sites for hydroxylation is 1. The molecule has 25 heavy (non-hydrogen) atoms. The molecule has 0 aliphatic carbocycles. The number of nitrogens with one attached hydrogen (secondary N) is 1. The lowest BCUT2D eigenvalue weighted by Gasteiger charge is -2.18. The summed E-state index contributed by atoms with van der Waals surface area (Å²) in [7, 11) is 3.05. The van der Waals surface area contributed by atoms with E-state index in [4.69, 9.17) is 0 Å². The van der Waals surface area contributed by atoms with Gasteiger partial charge in [0.05, 0.1) is 6.54 Å². The molecule has 2 rings (SSSR count). The Bertz CT molecular complexity index is 819. The van der Waals surface area contributed by atoms with E-state index in [1.807, 2.05) is 19.9 Å². The first-order valence-electron chi connectivity index (χ1n) is 8.12. The number of hydrogen-bond acceptors (Lipinski definition) is 7. The zero-order valence-electron chi connectivity index (χ0n) is 14.9. The minimum Gasteiger partial charge on any atom is -0.305 e. The van der Waals surface area contributed by atoms with Crippen LogP contribution in [0.15, 0.2) is 31.8 Å². The van der Waals surface area contributed by atoms with Crippen molar-refractivity contribution in [2.45, 2.75) is 33.2 Å². The van der Waals surface area contributed by atoms with Gasteiger partial charge < -0.3 is 5.32 Å². The Hall–Kier alpha value is -2.78. The summed E-state index contributed by atoms with van der Waals surface area (Å²) in [6, 6.07) is 0. The van der Waals surface area contributed by atoms with E-state index in [1.165, 1.54) is 12.1 Å². The van der Waals surface area contributed by atoms with E-state index in [0.717, 1.165) is 22.1 Å². The molecule has 0 spiro atoms. The molecule has 0 radical (unpaired) electrons. The van der Waals surface area contributed by atoms with Gasteiger partial charge in [-0.3, -0.25) is 14.2 Å². The van der Waals surface area contributed by atoms with Crippen LogP contribution in [0.3, 0.4) is 0 Å². The number of allylic oxidation sites excluding steroid dienone is 1. The van der Waals surface area contributed by atoms with Crippen molar-refractivity contribution < 1.29 is 4.79 Å². The zero-order chi connectivity index (χ0) is 18.6. The molecule has 1 aliphatic heterocycles. The molecule has 0 unspecified atom stereocenters. The fourth-order valence-corrected chi connectivity index (χ4v) is 2.32. The maximum Gasteiger partial charge on any atom is 0.347 e. The molecular formula is C15H23N7O3. The average Bonchev–Trinajstić information content (AvgIpc) is 2.54. The van der Waals surface area contributed by atoms with Crippen LogP contribution in [0.2, 0.25) is 0 Å². The standard InChI is InChI=1S/C15H23N7O3/c1-10(2)9-22-14(24)12(18-21(4)15(22)25)13(23)17-11-7-5-6-8-16-19-20(11)3/h7,10H,5-6,8-9H2,1-4H3,(H,17,23). The quantitative estimate of drug-likeness (QED) is 0.837. The third-order valence-corrected chi connectivity index (χ3v) is 3.56. The molecular weight excluding hydrogens is 326 g/mol. The number of nitrogens with zero attached hydrogens (tertiary/aromatic N) is 6. The number of rotatable bonds is 4. The van der Waals surface area contributed by atoms with Crippen LogP contribution in [-0.4, -0.2) is 38.9 Å². The van der Waals surface area contributed by atoms with Gasteiger partial charge in [-0.2, -0.15) is 10.2 Å². The van der Waals surface area contributed by atoms with Crippen LogP contribution >= 0.6 is 0 Å². The van der Waals surface area contributed by atoms with Crippen LogP contribution in [0.25, 0.3) is 0 Å². The maximum atomic E-state index is 12.5. The summed E-state index contributed by atoms with van der Waals surface area (Å²) < 4.78 is 2.02. The molecule has 1 N–H and O–H groups in total. The van der Waals surface area contributed by atoms with Gasteiger partial charge >= 0.3 is 5.69 Å². The molecule has 2 heterocycles. The van der Waals surface area contributed by atoms with Crippen molar-refractivity contribution in [3.63, 3.8) is 0 Å². The van der Waals surface area contributed by atoms with E-state index in [-0.39, 0.29) is 18.2 Å². The molecule has 0 saturated carbocycles. The summed E-state index contributed by atoms with van der Waals surface area (Å²) in [5.74, 6) is -0.200. The second-order valence-electron chi connectivity index (χ2n) is 6.23. The summed E-state index contributed by atoms with van der Waals surface area (Å²) in [6.45, 7) is 4.59. The van der Waals surface area contributed by atoms with Crippen molar-refractivity contribution in [3.05, 3.63) is 38.4 Å². The Labute approximate surface area is 144 Å². The fraction of sp³-hybridized carbons (Fsp3) is 0.600. The summed E-state index contributed by atoms with van der Waals surface area (Å²) in [5.41, 5.74) is -1.59. The van der Waals surface area contributed by atoms with Crippen molar-refractivity contribution >= 4 is 5.91 Å². The predicted octanol–water partition coefficient (Wildman–Crippen LogP) is 0.262. The molecule has 0 aromatic carbocycles. The van der Waals surface area contributed by atoms with Gasteiger partial charge in [0.25, 0.3) is 11.5 Å². The number of carbonyl (C=O) groups is 1. The molecule has 0 saturated heterocycles. The SMILES string of the molecule is CC(C)Cn1c(=O)c(C(=O)NC2=CCCCN=NN2C)nn(C)c1=O. The van der Waals surface area contributed by atoms with Crippen molar-refractivity contribution in [1.29, 1.82) is 0 Å². The molecule has 1 amide bonds. The normalized spacial score (nSPS) is 14.9. The smallest absolute Gasteiger partial charge is 0.305 e. The van der Waals surface area contributed by atoms with E-state index in [0.29, 0.717) is 12.4 Å². The summed E-state index contributed by atoms with van der Waals surface area (Å²) in [6.07, 6.45) is 3.35. The van der Waals surface area contributed by atoms with E-state index in [2.05, 4.69) is 20.8 Å². The molecule has 1 aliphatic rings. The first-order chi connectivity index (χ1) is 11.8. The number of carbonyl (C=O) groups excluding carboxylic acids is 1. The van der Waals surface area contributed by atoms with Crippen molar-refractivity contribution in [1.82, 2.24) is 24.7 Å². The molecule has 10 heteroatoms.